The zero-order valence-corrected chi connectivity index (χ0v) is 20.0. The van der Waals surface area contributed by atoms with E-state index in [4.69, 9.17) is 4.74 Å². The Morgan fingerprint density at radius 3 is 2.59 bits per heavy atom. The van der Waals surface area contributed by atoms with Gasteiger partial charge >= 0.3 is 0 Å². The van der Waals surface area contributed by atoms with Gasteiger partial charge in [-0.25, -0.2) is 4.39 Å². The van der Waals surface area contributed by atoms with Crippen molar-refractivity contribution in [2.24, 2.45) is 0 Å². The first-order valence-corrected chi connectivity index (χ1v) is 11.7. The number of carbonyl (C=O) groups excluding carboxylic acids is 1. The number of carbonyl (C=O) groups is 1. The third-order valence-electron chi connectivity index (χ3n) is 5.32. The molecule has 0 saturated heterocycles. The number of thioether (sulfide) groups is 1. The third-order valence-corrected chi connectivity index (χ3v) is 6.32. The summed E-state index contributed by atoms with van der Waals surface area (Å²) in [4.78, 5) is 12.7. The average Bonchev–Trinajstić information content (AvgIpc) is 3.25. The van der Waals surface area contributed by atoms with Crippen LogP contribution in [0.15, 0.2) is 71.9 Å². The monoisotopic (exact) mass is 476 g/mol. The maximum absolute atomic E-state index is 13.6. The predicted octanol–water partition coefficient (Wildman–Crippen LogP) is 5.25. The molecule has 1 amide bonds. The Morgan fingerprint density at radius 1 is 1.06 bits per heavy atom. The van der Waals surface area contributed by atoms with Crippen LogP contribution in [-0.4, -0.2) is 27.8 Å². The van der Waals surface area contributed by atoms with E-state index in [-0.39, 0.29) is 18.3 Å². The summed E-state index contributed by atoms with van der Waals surface area (Å²) < 4.78 is 20.7. The second kappa shape index (κ2) is 10.5. The van der Waals surface area contributed by atoms with Crippen molar-refractivity contribution in [2.75, 3.05) is 7.11 Å². The van der Waals surface area contributed by atoms with Gasteiger partial charge < -0.3 is 10.1 Å². The van der Waals surface area contributed by atoms with Gasteiger partial charge in [0, 0.05) is 11.3 Å². The fourth-order valence-corrected chi connectivity index (χ4v) is 4.40. The molecule has 0 aliphatic rings. The van der Waals surface area contributed by atoms with Gasteiger partial charge in [-0.1, -0.05) is 36.0 Å². The zero-order chi connectivity index (χ0) is 24.1. The quantitative estimate of drug-likeness (QED) is 0.352. The SMILES string of the molecule is COc1ccc(C(=O)NCc2nnc(SCc3cccc(F)c3)n2-c2cc(C)ccc2C)cc1. The van der Waals surface area contributed by atoms with E-state index in [9.17, 15) is 9.18 Å². The van der Waals surface area contributed by atoms with Crippen LogP contribution in [0.2, 0.25) is 0 Å². The minimum Gasteiger partial charge on any atom is -0.497 e. The van der Waals surface area contributed by atoms with E-state index in [1.807, 2.05) is 36.6 Å². The van der Waals surface area contributed by atoms with Gasteiger partial charge in [0.2, 0.25) is 0 Å². The zero-order valence-electron chi connectivity index (χ0n) is 19.2. The Kier molecular flexibility index (Phi) is 7.27. The van der Waals surface area contributed by atoms with Gasteiger partial charge in [-0.05, 0) is 73.0 Å². The molecule has 3 aromatic carbocycles. The molecule has 0 aliphatic carbocycles. The number of aromatic nitrogens is 3. The van der Waals surface area contributed by atoms with Gasteiger partial charge in [0.15, 0.2) is 11.0 Å². The van der Waals surface area contributed by atoms with Crippen LogP contribution < -0.4 is 10.1 Å². The second-order valence-electron chi connectivity index (χ2n) is 7.85. The fraction of sp³-hybridized carbons (Fsp3) is 0.192. The number of nitrogens with zero attached hydrogens (tertiary/aromatic N) is 3. The molecule has 0 fully saturated rings. The number of hydrogen-bond acceptors (Lipinski definition) is 5. The van der Waals surface area contributed by atoms with Crippen molar-refractivity contribution in [1.29, 1.82) is 0 Å². The predicted molar refractivity (Wildman–Crippen MR) is 131 cm³/mol. The smallest absolute Gasteiger partial charge is 0.251 e. The Morgan fingerprint density at radius 2 is 1.85 bits per heavy atom. The molecular weight excluding hydrogens is 451 g/mol. The molecule has 1 N–H and O–H groups in total. The first-order chi connectivity index (χ1) is 16.4. The molecule has 174 valence electrons. The first-order valence-electron chi connectivity index (χ1n) is 10.8. The lowest BCUT2D eigenvalue weighted by atomic mass is 10.1. The number of ether oxygens (including phenoxy) is 1. The Bertz CT molecular complexity index is 1300. The average molecular weight is 477 g/mol. The summed E-state index contributed by atoms with van der Waals surface area (Å²) in [6.07, 6.45) is 0. The molecule has 0 radical (unpaired) electrons. The topological polar surface area (TPSA) is 69.0 Å². The first kappa shape index (κ1) is 23.5. The van der Waals surface area contributed by atoms with E-state index in [2.05, 4.69) is 21.6 Å². The molecule has 8 heteroatoms. The Labute approximate surface area is 202 Å². The van der Waals surface area contributed by atoms with E-state index in [1.165, 1.54) is 23.9 Å². The lowest BCUT2D eigenvalue weighted by Crippen LogP contribution is -2.24. The molecule has 0 bridgehead atoms. The standard InChI is InChI=1S/C26H25FN4O2S/c1-17-7-8-18(2)23(13-17)31-24(15-28-25(32)20-9-11-22(33-3)12-10-20)29-30-26(31)34-16-19-5-4-6-21(27)14-19/h4-14H,15-16H2,1-3H3,(H,28,32). The molecule has 0 aliphatic heterocycles. The summed E-state index contributed by atoms with van der Waals surface area (Å²) >= 11 is 1.47. The molecule has 0 atom stereocenters. The summed E-state index contributed by atoms with van der Waals surface area (Å²) in [6, 6.07) is 19.6. The van der Waals surface area contributed by atoms with Crippen molar-refractivity contribution in [2.45, 2.75) is 31.3 Å². The highest BCUT2D eigenvalue weighted by Gasteiger charge is 2.18. The maximum atomic E-state index is 13.6. The van der Waals surface area contributed by atoms with Crippen LogP contribution in [0.3, 0.4) is 0 Å². The van der Waals surface area contributed by atoms with Crippen molar-refractivity contribution in [3.63, 3.8) is 0 Å². The summed E-state index contributed by atoms with van der Waals surface area (Å²) in [5.41, 5.74) is 4.49. The number of rotatable bonds is 8. The van der Waals surface area contributed by atoms with Crippen molar-refractivity contribution in [3.8, 4) is 11.4 Å². The van der Waals surface area contributed by atoms with Gasteiger partial charge in [0.05, 0.1) is 19.3 Å². The van der Waals surface area contributed by atoms with Gasteiger partial charge in [-0.2, -0.15) is 0 Å². The highest BCUT2D eigenvalue weighted by Crippen LogP contribution is 2.27. The molecular formula is C26H25FN4O2S. The highest BCUT2D eigenvalue weighted by atomic mass is 32.2. The molecule has 4 rings (SSSR count). The Hall–Kier alpha value is -3.65. The maximum Gasteiger partial charge on any atom is 0.251 e. The number of benzene rings is 3. The van der Waals surface area contributed by atoms with Gasteiger partial charge in [0.25, 0.3) is 5.91 Å². The molecule has 6 nitrogen and oxygen atoms in total. The second-order valence-corrected chi connectivity index (χ2v) is 8.80. The lowest BCUT2D eigenvalue weighted by molar-refractivity contribution is 0.0949. The van der Waals surface area contributed by atoms with E-state index in [0.717, 1.165) is 22.4 Å². The van der Waals surface area contributed by atoms with Crippen LogP contribution in [0.25, 0.3) is 5.69 Å². The van der Waals surface area contributed by atoms with Crippen LogP contribution in [0, 0.1) is 19.7 Å². The van der Waals surface area contributed by atoms with Gasteiger partial charge in [-0.15, -0.1) is 10.2 Å². The highest BCUT2D eigenvalue weighted by molar-refractivity contribution is 7.98. The summed E-state index contributed by atoms with van der Waals surface area (Å²) in [5.74, 6) is 1.35. The minimum atomic E-state index is -0.268. The lowest BCUT2D eigenvalue weighted by Gasteiger charge is -2.14. The number of aryl methyl sites for hydroxylation is 2. The number of amides is 1. The van der Waals surface area contributed by atoms with Crippen LogP contribution >= 0.6 is 11.8 Å². The van der Waals surface area contributed by atoms with Gasteiger partial charge in [-0.3, -0.25) is 9.36 Å². The molecule has 34 heavy (non-hydrogen) atoms. The summed E-state index contributed by atoms with van der Waals surface area (Å²) in [5, 5.41) is 12.4. The fourth-order valence-electron chi connectivity index (χ4n) is 3.49. The number of methoxy groups -OCH3 is 1. The van der Waals surface area contributed by atoms with Crippen LogP contribution in [-0.2, 0) is 12.3 Å². The van der Waals surface area contributed by atoms with E-state index in [0.29, 0.717) is 28.0 Å². The molecule has 1 heterocycles. The molecule has 0 spiro atoms. The summed E-state index contributed by atoms with van der Waals surface area (Å²) in [6.45, 7) is 4.25. The van der Waals surface area contributed by atoms with Crippen molar-refractivity contribution in [3.05, 3.63) is 101 Å². The van der Waals surface area contributed by atoms with Crippen LogP contribution in [0.4, 0.5) is 4.39 Å². The molecule has 1 aromatic heterocycles. The Balaban J connectivity index is 1.59. The van der Waals surface area contributed by atoms with E-state index in [1.54, 1.807) is 37.4 Å². The van der Waals surface area contributed by atoms with Crippen molar-refractivity contribution < 1.29 is 13.9 Å². The minimum absolute atomic E-state index is 0.200. The molecule has 4 aromatic rings. The largest absolute Gasteiger partial charge is 0.497 e. The van der Waals surface area contributed by atoms with Crippen LogP contribution in [0.1, 0.15) is 32.9 Å². The van der Waals surface area contributed by atoms with E-state index < -0.39 is 0 Å². The number of halogens is 1. The van der Waals surface area contributed by atoms with Gasteiger partial charge in [0.1, 0.15) is 11.6 Å². The van der Waals surface area contributed by atoms with Crippen molar-refractivity contribution in [1.82, 2.24) is 20.1 Å². The van der Waals surface area contributed by atoms with Crippen LogP contribution in [0.5, 0.6) is 5.75 Å². The number of hydrogen-bond donors (Lipinski definition) is 1. The number of nitrogens with one attached hydrogen (secondary N) is 1. The van der Waals surface area contributed by atoms with Crippen molar-refractivity contribution >= 4 is 17.7 Å². The third kappa shape index (κ3) is 5.46. The molecule has 0 unspecified atom stereocenters. The normalized spacial score (nSPS) is 10.8. The molecule has 0 saturated carbocycles. The van der Waals surface area contributed by atoms with E-state index >= 15 is 0 Å². The summed E-state index contributed by atoms with van der Waals surface area (Å²) in [7, 11) is 1.58.